The van der Waals surface area contributed by atoms with Crippen molar-refractivity contribution in [2.75, 3.05) is 5.32 Å². The van der Waals surface area contributed by atoms with Crippen LogP contribution < -0.4 is 5.32 Å². The maximum Gasteiger partial charge on any atom is 0.136 e. The van der Waals surface area contributed by atoms with Crippen LogP contribution in [0.25, 0.3) is 65.8 Å². The van der Waals surface area contributed by atoms with Gasteiger partial charge in [0.15, 0.2) is 0 Å². The highest BCUT2D eigenvalue weighted by Gasteiger charge is 2.17. The van der Waals surface area contributed by atoms with Crippen LogP contribution in [0.3, 0.4) is 0 Å². The molecule has 1 N–H and O–H groups in total. The van der Waals surface area contributed by atoms with Gasteiger partial charge in [-0.2, -0.15) is 0 Å². The van der Waals surface area contributed by atoms with Gasteiger partial charge in [-0.1, -0.05) is 104 Å². The van der Waals surface area contributed by atoms with Gasteiger partial charge in [-0.25, -0.2) is 0 Å². The summed E-state index contributed by atoms with van der Waals surface area (Å²) in [6.45, 7) is 3.92. The first kappa shape index (κ1) is 25.4. The van der Waals surface area contributed by atoms with E-state index >= 15 is 0 Å². The zero-order valence-corrected chi connectivity index (χ0v) is 24.5. The fraction of sp³-hybridized carbons (Fsp3) is 0. The Bertz CT molecular complexity index is 2530. The second kappa shape index (κ2) is 10.0. The minimum absolute atomic E-state index is 0.831. The molecule has 212 valence electrons. The predicted molar refractivity (Wildman–Crippen MR) is 190 cm³/mol. The van der Waals surface area contributed by atoms with E-state index in [1.807, 2.05) is 24.3 Å². The van der Waals surface area contributed by atoms with E-state index < -0.39 is 0 Å². The molecule has 3 aromatic heterocycles. The van der Waals surface area contributed by atoms with E-state index in [1.165, 1.54) is 49.2 Å². The summed E-state index contributed by atoms with van der Waals surface area (Å²) < 4.78 is 8.57. The van der Waals surface area contributed by atoms with E-state index in [-0.39, 0.29) is 0 Å². The Balaban J connectivity index is 0.992. The number of para-hydroxylation sites is 3. The number of fused-ring (bicyclic) bond motifs is 7. The number of hydrogen-bond donors (Lipinski definition) is 1. The second-order valence-corrected chi connectivity index (χ2v) is 11.5. The average molecular weight is 577 g/mol. The van der Waals surface area contributed by atoms with E-state index in [4.69, 9.17) is 4.42 Å². The highest BCUT2D eigenvalue weighted by Crippen LogP contribution is 2.40. The SMILES string of the molecule is C=CC=C(c1ccc(Nc2ccc(-c3ccc4c(c3)c3cccc5c6ccccc6n4c53)cc2)cc1)c1cc2ccccc2o1. The van der Waals surface area contributed by atoms with E-state index in [0.29, 0.717) is 0 Å². The molecule has 0 spiro atoms. The summed E-state index contributed by atoms with van der Waals surface area (Å²) in [6, 6.07) is 49.5. The van der Waals surface area contributed by atoms with Crippen LogP contribution in [-0.2, 0) is 0 Å². The number of benzene rings is 6. The van der Waals surface area contributed by atoms with Gasteiger partial charge in [0.1, 0.15) is 11.3 Å². The lowest BCUT2D eigenvalue weighted by molar-refractivity contribution is 0.600. The van der Waals surface area contributed by atoms with E-state index in [9.17, 15) is 0 Å². The normalized spacial score (nSPS) is 12.2. The van der Waals surface area contributed by atoms with Crippen molar-refractivity contribution in [3.05, 3.63) is 170 Å². The van der Waals surface area contributed by atoms with E-state index in [1.54, 1.807) is 6.08 Å². The van der Waals surface area contributed by atoms with Gasteiger partial charge in [0.25, 0.3) is 0 Å². The molecule has 9 rings (SSSR count). The largest absolute Gasteiger partial charge is 0.456 e. The molecular formula is C42H28N2O. The van der Waals surface area contributed by atoms with Crippen LogP contribution in [0.15, 0.2) is 163 Å². The third kappa shape index (κ3) is 4.05. The third-order valence-corrected chi connectivity index (χ3v) is 8.90. The number of furan rings is 1. The predicted octanol–water partition coefficient (Wildman–Crippen LogP) is 11.6. The number of anilines is 2. The van der Waals surface area contributed by atoms with Gasteiger partial charge in [0, 0.05) is 43.9 Å². The van der Waals surface area contributed by atoms with Gasteiger partial charge in [0.2, 0.25) is 0 Å². The van der Waals surface area contributed by atoms with Crippen molar-refractivity contribution in [2.24, 2.45) is 0 Å². The third-order valence-electron chi connectivity index (χ3n) is 8.90. The monoisotopic (exact) mass is 576 g/mol. The Labute approximate surface area is 260 Å². The molecule has 0 unspecified atom stereocenters. The molecule has 45 heavy (non-hydrogen) atoms. The van der Waals surface area contributed by atoms with Crippen LogP contribution in [0.4, 0.5) is 11.4 Å². The lowest BCUT2D eigenvalue weighted by Gasteiger charge is -2.10. The molecule has 0 saturated carbocycles. The Kier molecular flexibility index (Phi) is 5.66. The van der Waals surface area contributed by atoms with Crippen molar-refractivity contribution in [1.29, 1.82) is 0 Å². The summed E-state index contributed by atoms with van der Waals surface area (Å²) in [7, 11) is 0. The molecule has 0 aliphatic rings. The van der Waals surface area contributed by atoms with Gasteiger partial charge < -0.3 is 14.1 Å². The first-order chi connectivity index (χ1) is 22.2. The van der Waals surface area contributed by atoms with Crippen molar-refractivity contribution >= 4 is 66.0 Å². The summed E-state index contributed by atoms with van der Waals surface area (Å²) in [5, 5.41) is 9.85. The van der Waals surface area contributed by atoms with E-state index in [2.05, 4.69) is 138 Å². The first-order valence-electron chi connectivity index (χ1n) is 15.2. The highest BCUT2D eigenvalue weighted by molar-refractivity contribution is 6.23. The molecule has 9 aromatic rings. The van der Waals surface area contributed by atoms with Crippen molar-refractivity contribution in [3.8, 4) is 11.1 Å². The molecule has 0 saturated heterocycles. The summed E-state index contributed by atoms with van der Waals surface area (Å²) >= 11 is 0. The van der Waals surface area contributed by atoms with Crippen molar-refractivity contribution in [1.82, 2.24) is 4.40 Å². The minimum atomic E-state index is 0.831. The summed E-state index contributed by atoms with van der Waals surface area (Å²) in [6.07, 6.45) is 3.80. The van der Waals surface area contributed by atoms with Gasteiger partial charge in [-0.05, 0) is 71.3 Å². The van der Waals surface area contributed by atoms with E-state index in [0.717, 1.165) is 39.2 Å². The summed E-state index contributed by atoms with van der Waals surface area (Å²) in [5.41, 5.74) is 11.2. The Morgan fingerprint density at radius 1 is 0.600 bits per heavy atom. The molecule has 0 bridgehead atoms. The molecule has 0 amide bonds. The maximum absolute atomic E-state index is 6.15. The summed E-state index contributed by atoms with van der Waals surface area (Å²) in [4.78, 5) is 0. The molecule has 0 fully saturated rings. The van der Waals surface area contributed by atoms with Crippen molar-refractivity contribution < 1.29 is 4.42 Å². The fourth-order valence-electron chi connectivity index (χ4n) is 6.81. The van der Waals surface area contributed by atoms with Crippen LogP contribution in [0.2, 0.25) is 0 Å². The zero-order valence-electron chi connectivity index (χ0n) is 24.5. The molecule has 6 aromatic carbocycles. The Hall–Kier alpha value is -6.06. The molecule has 0 aliphatic carbocycles. The quantitative estimate of drug-likeness (QED) is 0.200. The second-order valence-electron chi connectivity index (χ2n) is 11.5. The van der Waals surface area contributed by atoms with Crippen LogP contribution in [-0.4, -0.2) is 4.40 Å². The molecule has 3 heteroatoms. The Morgan fingerprint density at radius 2 is 1.27 bits per heavy atom. The highest BCUT2D eigenvalue weighted by atomic mass is 16.3. The minimum Gasteiger partial charge on any atom is -0.456 e. The van der Waals surface area contributed by atoms with Crippen molar-refractivity contribution in [2.45, 2.75) is 0 Å². The molecule has 3 nitrogen and oxygen atoms in total. The van der Waals surface area contributed by atoms with Crippen LogP contribution >= 0.6 is 0 Å². The van der Waals surface area contributed by atoms with Crippen molar-refractivity contribution in [3.63, 3.8) is 0 Å². The molecular weight excluding hydrogens is 548 g/mol. The van der Waals surface area contributed by atoms with Gasteiger partial charge in [-0.15, -0.1) is 0 Å². The number of rotatable bonds is 6. The average Bonchev–Trinajstić information content (AvgIpc) is 3.77. The summed E-state index contributed by atoms with van der Waals surface area (Å²) in [5.74, 6) is 0.831. The Morgan fingerprint density at radius 3 is 2.07 bits per heavy atom. The fourth-order valence-corrected chi connectivity index (χ4v) is 6.81. The number of allylic oxidation sites excluding steroid dienone is 2. The zero-order chi connectivity index (χ0) is 29.9. The first-order valence-corrected chi connectivity index (χ1v) is 15.2. The molecule has 0 radical (unpaired) electrons. The molecule has 0 aliphatic heterocycles. The number of aromatic nitrogens is 1. The smallest absolute Gasteiger partial charge is 0.136 e. The van der Waals surface area contributed by atoms with Crippen LogP contribution in [0.5, 0.6) is 0 Å². The number of nitrogens with zero attached hydrogens (tertiary/aromatic N) is 1. The van der Waals surface area contributed by atoms with Crippen LogP contribution in [0, 0.1) is 0 Å². The van der Waals surface area contributed by atoms with Gasteiger partial charge >= 0.3 is 0 Å². The number of hydrogen-bond acceptors (Lipinski definition) is 2. The molecule has 3 heterocycles. The number of nitrogens with one attached hydrogen (secondary N) is 1. The molecule has 0 atom stereocenters. The van der Waals surface area contributed by atoms with Gasteiger partial charge in [0.05, 0.1) is 16.6 Å². The lowest BCUT2D eigenvalue weighted by atomic mass is 10.0. The maximum atomic E-state index is 6.15. The standard InChI is InChI=1S/C42H28N2O/c1-2-8-33(41-26-30-9-3-6-14-40(30)45-41)28-17-22-32(23-18-28)43-31-20-15-27(16-21-31)29-19-24-39-37(25-29)36-12-7-11-35-34-10-4-5-13-38(34)44(39)42(35)36/h2-26,43H,1H2. The van der Waals surface area contributed by atoms with Gasteiger partial charge in [-0.3, -0.25) is 0 Å². The van der Waals surface area contributed by atoms with Crippen LogP contribution in [0.1, 0.15) is 11.3 Å². The lowest BCUT2D eigenvalue weighted by Crippen LogP contribution is -1.92. The topological polar surface area (TPSA) is 29.6 Å².